The van der Waals surface area contributed by atoms with Gasteiger partial charge in [-0.2, -0.15) is 0 Å². The average Bonchev–Trinajstić information content (AvgIpc) is 3.20. The number of rotatable bonds is 4. The molecule has 0 aromatic carbocycles. The highest BCUT2D eigenvalue weighted by molar-refractivity contribution is 5.78. The molecule has 2 bridgehead atoms. The second kappa shape index (κ2) is 7.89. The number of nitrogens with zero attached hydrogens (tertiary/aromatic N) is 4. The van der Waals surface area contributed by atoms with Crippen molar-refractivity contribution in [1.29, 1.82) is 0 Å². The summed E-state index contributed by atoms with van der Waals surface area (Å²) in [5, 5.41) is 0. The fourth-order valence-electron chi connectivity index (χ4n) is 5.71. The van der Waals surface area contributed by atoms with E-state index in [1.165, 1.54) is 17.7 Å². The Morgan fingerprint density at radius 2 is 1.90 bits per heavy atom. The Labute approximate surface area is 181 Å². The summed E-state index contributed by atoms with van der Waals surface area (Å²) in [6, 6.07) is 8.34. The first-order valence-electron chi connectivity index (χ1n) is 11.4. The molecule has 2 saturated heterocycles. The lowest BCUT2D eigenvalue weighted by Gasteiger charge is -2.43. The maximum Gasteiger partial charge on any atom is 0.255 e. The fraction of sp³-hybridized carbons (Fsp3) is 0.500. The summed E-state index contributed by atoms with van der Waals surface area (Å²) in [5.41, 5.74) is 5.78. The van der Waals surface area contributed by atoms with Crippen LogP contribution in [0.5, 0.6) is 0 Å². The molecule has 31 heavy (non-hydrogen) atoms. The molecule has 0 amide bonds. The van der Waals surface area contributed by atoms with Gasteiger partial charge in [-0.15, -0.1) is 0 Å². The van der Waals surface area contributed by atoms with Crippen molar-refractivity contribution in [2.24, 2.45) is 5.92 Å². The first kappa shape index (κ1) is 19.2. The van der Waals surface area contributed by atoms with Crippen molar-refractivity contribution in [3.05, 3.63) is 63.8 Å². The van der Waals surface area contributed by atoms with Crippen molar-refractivity contribution in [2.45, 2.75) is 32.0 Å². The Bertz CT molecular complexity index is 1150. The summed E-state index contributed by atoms with van der Waals surface area (Å²) in [7, 11) is 0. The Kier molecular flexibility index (Phi) is 4.89. The minimum atomic E-state index is 0.216. The molecular formula is C24H29N5O2. The Hall–Kier alpha value is -2.48. The van der Waals surface area contributed by atoms with Gasteiger partial charge in [0.25, 0.3) is 5.56 Å². The number of pyridine rings is 2. The van der Waals surface area contributed by atoms with Crippen LogP contribution >= 0.6 is 0 Å². The molecule has 1 N–H and O–H groups in total. The number of H-pyrrole nitrogens is 1. The van der Waals surface area contributed by atoms with Gasteiger partial charge in [0.05, 0.1) is 24.2 Å². The molecule has 0 spiro atoms. The van der Waals surface area contributed by atoms with Crippen molar-refractivity contribution >= 4 is 11.0 Å². The van der Waals surface area contributed by atoms with E-state index in [-0.39, 0.29) is 5.56 Å². The Morgan fingerprint density at radius 3 is 2.81 bits per heavy atom. The van der Waals surface area contributed by atoms with Crippen LogP contribution in [-0.4, -0.2) is 63.7 Å². The highest BCUT2D eigenvalue weighted by Gasteiger charge is 2.35. The number of hydrogen-bond acceptors (Lipinski definition) is 5. The summed E-state index contributed by atoms with van der Waals surface area (Å²) in [5.74, 6) is 0.955. The molecule has 0 unspecified atom stereocenters. The zero-order valence-corrected chi connectivity index (χ0v) is 17.8. The number of hydrogen-bond donors (Lipinski definition) is 1. The third kappa shape index (κ3) is 3.60. The molecule has 2 atom stereocenters. The first-order chi connectivity index (χ1) is 15.2. The van der Waals surface area contributed by atoms with Gasteiger partial charge in [0.15, 0.2) is 0 Å². The van der Waals surface area contributed by atoms with E-state index in [9.17, 15) is 4.79 Å². The van der Waals surface area contributed by atoms with Crippen LogP contribution in [0, 0.1) is 5.92 Å². The van der Waals surface area contributed by atoms with Gasteiger partial charge in [0.2, 0.25) is 0 Å². The monoisotopic (exact) mass is 419 g/mol. The van der Waals surface area contributed by atoms with Crippen LogP contribution in [-0.2, 0) is 24.4 Å². The smallest absolute Gasteiger partial charge is 0.255 e. The van der Waals surface area contributed by atoms with E-state index in [2.05, 4.69) is 48.7 Å². The van der Waals surface area contributed by atoms with E-state index in [1.807, 2.05) is 12.3 Å². The quantitative estimate of drug-likeness (QED) is 0.702. The van der Waals surface area contributed by atoms with E-state index in [0.717, 1.165) is 75.6 Å². The molecule has 7 heteroatoms. The van der Waals surface area contributed by atoms with E-state index in [0.29, 0.717) is 11.8 Å². The van der Waals surface area contributed by atoms with Crippen molar-refractivity contribution in [1.82, 2.24) is 24.3 Å². The van der Waals surface area contributed by atoms with Crippen LogP contribution in [0.15, 0.2) is 41.5 Å². The van der Waals surface area contributed by atoms with Crippen LogP contribution in [0.25, 0.3) is 11.0 Å². The van der Waals surface area contributed by atoms with Gasteiger partial charge in [-0.05, 0) is 30.5 Å². The van der Waals surface area contributed by atoms with Crippen LogP contribution < -0.4 is 5.56 Å². The van der Waals surface area contributed by atoms with E-state index in [1.54, 1.807) is 0 Å². The summed E-state index contributed by atoms with van der Waals surface area (Å²) < 4.78 is 7.53. The van der Waals surface area contributed by atoms with Crippen molar-refractivity contribution < 1.29 is 4.74 Å². The normalized spacial score (nSPS) is 24.4. The van der Waals surface area contributed by atoms with Crippen molar-refractivity contribution in [3.8, 4) is 0 Å². The standard InChI is InChI=1S/C24H29N5O2/c30-24-18(14-27-6-8-31-9-7-27)3-4-22-19-10-17(13-29(22)24)12-28(15-19)16-20-11-26-21-2-1-5-25-23(20)21/h1-5,11,17,19,26H,6-10,12-16H2/t17-,19+/m0/s1. The van der Waals surface area contributed by atoms with Gasteiger partial charge in [-0.3, -0.25) is 19.6 Å². The number of ether oxygens (including phenoxy) is 1. The molecule has 0 saturated carbocycles. The molecule has 3 aliphatic heterocycles. The number of aromatic nitrogens is 3. The summed E-state index contributed by atoms with van der Waals surface area (Å²) in [6.07, 6.45) is 5.14. The molecule has 7 nitrogen and oxygen atoms in total. The average molecular weight is 420 g/mol. The van der Waals surface area contributed by atoms with Crippen LogP contribution in [0.2, 0.25) is 0 Å². The highest BCUT2D eigenvalue weighted by Crippen LogP contribution is 2.36. The number of fused-ring (bicyclic) bond motifs is 5. The lowest BCUT2D eigenvalue weighted by atomic mass is 9.83. The number of nitrogens with one attached hydrogen (secondary N) is 1. The Morgan fingerprint density at radius 1 is 1.03 bits per heavy atom. The zero-order chi connectivity index (χ0) is 20.8. The molecule has 3 aromatic rings. The molecular weight excluding hydrogens is 390 g/mol. The SMILES string of the molecule is O=c1c(CN2CCOCC2)ccc2n1C[C@H]1C[C@@H]2CN(Cc2c[nH]c3cccnc23)C1. The van der Waals surface area contributed by atoms with Gasteiger partial charge in [-0.25, -0.2) is 0 Å². The van der Waals surface area contributed by atoms with Gasteiger partial charge in [-0.1, -0.05) is 6.07 Å². The molecule has 162 valence electrons. The largest absolute Gasteiger partial charge is 0.379 e. The number of aromatic amines is 1. The molecule has 2 fully saturated rings. The van der Waals surface area contributed by atoms with E-state index < -0.39 is 0 Å². The molecule has 6 rings (SSSR count). The van der Waals surface area contributed by atoms with Gasteiger partial charge >= 0.3 is 0 Å². The lowest BCUT2D eigenvalue weighted by molar-refractivity contribution is 0.0338. The third-order valence-corrected chi connectivity index (χ3v) is 7.16. The van der Waals surface area contributed by atoms with Gasteiger partial charge in [0.1, 0.15) is 0 Å². The third-order valence-electron chi connectivity index (χ3n) is 7.16. The second-order valence-corrected chi connectivity index (χ2v) is 9.29. The summed E-state index contributed by atoms with van der Waals surface area (Å²) >= 11 is 0. The molecule has 0 aliphatic carbocycles. The number of likely N-dealkylation sites (tertiary alicyclic amines) is 1. The topological polar surface area (TPSA) is 66.4 Å². The Balaban J connectivity index is 1.22. The molecule has 3 aliphatic rings. The molecule has 3 aromatic heterocycles. The highest BCUT2D eigenvalue weighted by atomic mass is 16.5. The number of morpholine rings is 1. The summed E-state index contributed by atoms with van der Waals surface area (Å²) in [4.78, 5) is 26.1. The van der Waals surface area contributed by atoms with Gasteiger partial charge in [0, 0.05) is 80.9 Å². The first-order valence-corrected chi connectivity index (χ1v) is 11.4. The van der Waals surface area contributed by atoms with Crippen LogP contribution in [0.1, 0.15) is 29.2 Å². The van der Waals surface area contributed by atoms with Crippen LogP contribution in [0.3, 0.4) is 0 Å². The zero-order valence-electron chi connectivity index (χ0n) is 17.8. The number of piperidine rings is 1. The fourth-order valence-corrected chi connectivity index (χ4v) is 5.71. The van der Waals surface area contributed by atoms with Crippen molar-refractivity contribution in [2.75, 3.05) is 39.4 Å². The van der Waals surface area contributed by atoms with Crippen molar-refractivity contribution in [3.63, 3.8) is 0 Å². The second-order valence-electron chi connectivity index (χ2n) is 9.29. The van der Waals surface area contributed by atoms with Crippen LogP contribution in [0.4, 0.5) is 0 Å². The van der Waals surface area contributed by atoms with E-state index >= 15 is 0 Å². The predicted octanol–water partition coefficient (Wildman–Crippen LogP) is 2.18. The molecule has 0 radical (unpaired) electrons. The summed E-state index contributed by atoms with van der Waals surface area (Å²) in [6.45, 7) is 7.85. The maximum absolute atomic E-state index is 13.3. The van der Waals surface area contributed by atoms with Gasteiger partial charge < -0.3 is 14.3 Å². The minimum absolute atomic E-state index is 0.216. The lowest BCUT2D eigenvalue weighted by Crippen LogP contribution is -2.47. The van der Waals surface area contributed by atoms with E-state index in [4.69, 9.17) is 4.74 Å². The minimum Gasteiger partial charge on any atom is -0.379 e. The maximum atomic E-state index is 13.3. The molecule has 6 heterocycles. The predicted molar refractivity (Wildman–Crippen MR) is 119 cm³/mol.